The van der Waals surface area contributed by atoms with Crippen LogP contribution in [0.5, 0.6) is 0 Å². The fourth-order valence-electron chi connectivity index (χ4n) is 1.82. The smallest absolute Gasteiger partial charge is 0.157 e. The summed E-state index contributed by atoms with van der Waals surface area (Å²) in [5.74, 6) is 0.887. The number of rotatable bonds is 2. The number of H-pyrrole nitrogens is 1. The number of hydrogen-bond donors (Lipinski definition) is 4. The van der Waals surface area contributed by atoms with Gasteiger partial charge in [-0.2, -0.15) is 5.10 Å². The summed E-state index contributed by atoms with van der Waals surface area (Å²) in [6.07, 6.45) is 0.122. The Morgan fingerprint density at radius 2 is 2.00 bits per heavy atom. The van der Waals surface area contributed by atoms with Crippen molar-refractivity contribution in [3.05, 3.63) is 24.3 Å². The summed E-state index contributed by atoms with van der Waals surface area (Å²) in [4.78, 5) is 0. The second-order valence-corrected chi connectivity index (χ2v) is 3.60. The average molecular weight is 203 g/mol. The lowest BCUT2D eigenvalue weighted by Crippen LogP contribution is -2.38. The van der Waals surface area contributed by atoms with Crippen LogP contribution in [-0.4, -0.2) is 29.6 Å². The Morgan fingerprint density at radius 1 is 1.20 bits per heavy atom. The highest BCUT2D eigenvalue weighted by atomic mass is 15.4. The normalized spacial score (nSPS) is 17.3. The minimum atomic E-state index is 0.122. The van der Waals surface area contributed by atoms with Crippen LogP contribution >= 0.6 is 0 Å². The van der Waals surface area contributed by atoms with E-state index in [2.05, 4.69) is 32.2 Å². The SMILES string of the molecule is c1ccc2c(NC3NCCN3)n[nH]c2c1. The Balaban J connectivity index is 1.90. The Labute approximate surface area is 87.2 Å². The van der Waals surface area contributed by atoms with Crippen LogP contribution in [0.1, 0.15) is 0 Å². The van der Waals surface area contributed by atoms with E-state index in [0.717, 1.165) is 29.8 Å². The van der Waals surface area contributed by atoms with E-state index in [-0.39, 0.29) is 6.29 Å². The molecule has 4 N–H and O–H groups in total. The highest BCUT2D eigenvalue weighted by Gasteiger charge is 2.14. The van der Waals surface area contributed by atoms with Gasteiger partial charge in [0.15, 0.2) is 5.82 Å². The molecule has 2 aromatic rings. The van der Waals surface area contributed by atoms with Gasteiger partial charge in [-0.15, -0.1) is 0 Å². The quantitative estimate of drug-likeness (QED) is 0.572. The molecule has 0 atom stereocenters. The maximum absolute atomic E-state index is 4.24. The number of anilines is 1. The van der Waals surface area contributed by atoms with Gasteiger partial charge in [0.25, 0.3) is 0 Å². The zero-order chi connectivity index (χ0) is 10.1. The Hall–Kier alpha value is -1.59. The maximum atomic E-state index is 4.24. The van der Waals surface area contributed by atoms with E-state index in [1.807, 2.05) is 18.2 Å². The van der Waals surface area contributed by atoms with Gasteiger partial charge in [0, 0.05) is 18.5 Å². The second-order valence-electron chi connectivity index (χ2n) is 3.60. The molecule has 2 heterocycles. The zero-order valence-corrected chi connectivity index (χ0v) is 8.25. The Bertz CT molecular complexity index is 458. The maximum Gasteiger partial charge on any atom is 0.157 e. The van der Waals surface area contributed by atoms with Crippen molar-refractivity contribution in [2.75, 3.05) is 18.4 Å². The van der Waals surface area contributed by atoms with Crippen LogP contribution in [-0.2, 0) is 0 Å². The largest absolute Gasteiger partial charge is 0.340 e. The summed E-state index contributed by atoms with van der Waals surface area (Å²) in [6, 6.07) is 8.08. The van der Waals surface area contributed by atoms with E-state index in [1.54, 1.807) is 0 Å². The van der Waals surface area contributed by atoms with Crippen molar-refractivity contribution in [2.24, 2.45) is 0 Å². The van der Waals surface area contributed by atoms with Crippen molar-refractivity contribution in [1.29, 1.82) is 0 Å². The van der Waals surface area contributed by atoms with Crippen molar-refractivity contribution in [2.45, 2.75) is 6.29 Å². The number of nitrogens with one attached hydrogen (secondary N) is 4. The van der Waals surface area contributed by atoms with Crippen LogP contribution in [0.4, 0.5) is 5.82 Å². The third-order valence-corrected chi connectivity index (χ3v) is 2.57. The van der Waals surface area contributed by atoms with Crippen LogP contribution in [0.3, 0.4) is 0 Å². The number of para-hydroxylation sites is 1. The van der Waals surface area contributed by atoms with Gasteiger partial charge in [-0.25, -0.2) is 0 Å². The van der Waals surface area contributed by atoms with E-state index < -0.39 is 0 Å². The van der Waals surface area contributed by atoms with E-state index >= 15 is 0 Å². The highest BCUT2D eigenvalue weighted by Crippen LogP contribution is 2.19. The van der Waals surface area contributed by atoms with E-state index in [1.165, 1.54) is 0 Å². The molecule has 3 rings (SSSR count). The molecular formula is C10H13N5. The molecule has 5 heteroatoms. The Kier molecular flexibility index (Phi) is 2.04. The number of fused-ring (bicyclic) bond motifs is 1. The van der Waals surface area contributed by atoms with Crippen molar-refractivity contribution in [1.82, 2.24) is 20.8 Å². The summed E-state index contributed by atoms with van der Waals surface area (Å²) in [5.41, 5.74) is 1.05. The van der Waals surface area contributed by atoms with Gasteiger partial charge in [-0.1, -0.05) is 12.1 Å². The number of aromatic amines is 1. The predicted octanol–water partition coefficient (Wildman–Crippen LogP) is 0.451. The lowest BCUT2D eigenvalue weighted by atomic mass is 10.2. The van der Waals surface area contributed by atoms with Gasteiger partial charge in [0.2, 0.25) is 0 Å². The minimum Gasteiger partial charge on any atom is -0.340 e. The predicted molar refractivity (Wildman–Crippen MR) is 59.5 cm³/mol. The molecule has 1 aliphatic heterocycles. The van der Waals surface area contributed by atoms with Gasteiger partial charge in [-0.3, -0.25) is 15.7 Å². The number of hydrogen-bond acceptors (Lipinski definition) is 4. The molecule has 1 fully saturated rings. The third-order valence-electron chi connectivity index (χ3n) is 2.57. The molecule has 0 aliphatic carbocycles. The number of benzene rings is 1. The molecule has 1 saturated heterocycles. The fraction of sp³-hybridized carbons (Fsp3) is 0.300. The lowest BCUT2D eigenvalue weighted by Gasteiger charge is -2.12. The third kappa shape index (κ3) is 1.55. The van der Waals surface area contributed by atoms with Crippen molar-refractivity contribution >= 4 is 16.7 Å². The molecule has 1 aromatic heterocycles. The van der Waals surface area contributed by atoms with Crippen LogP contribution in [0.15, 0.2) is 24.3 Å². The lowest BCUT2D eigenvalue weighted by molar-refractivity contribution is 0.618. The van der Waals surface area contributed by atoms with Gasteiger partial charge >= 0.3 is 0 Å². The van der Waals surface area contributed by atoms with Crippen molar-refractivity contribution < 1.29 is 0 Å². The van der Waals surface area contributed by atoms with Gasteiger partial charge in [0.1, 0.15) is 6.29 Å². The van der Waals surface area contributed by atoms with Gasteiger partial charge in [0.05, 0.1) is 5.52 Å². The summed E-state index contributed by atoms with van der Waals surface area (Å²) in [6.45, 7) is 1.97. The topological polar surface area (TPSA) is 64.8 Å². The molecule has 0 radical (unpaired) electrons. The monoisotopic (exact) mass is 203 g/mol. The molecular weight excluding hydrogens is 190 g/mol. The highest BCUT2D eigenvalue weighted by molar-refractivity contribution is 5.89. The first kappa shape index (κ1) is 8.70. The van der Waals surface area contributed by atoms with Crippen LogP contribution in [0.25, 0.3) is 10.9 Å². The molecule has 0 unspecified atom stereocenters. The molecule has 0 amide bonds. The van der Waals surface area contributed by atoms with Crippen molar-refractivity contribution in [3.8, 4) is 0 Å². The van der Waals surface area contributed by atoms with E-state index in [9.17, 15) is 0 Å². The van der Waals surface area contributed by atoms with Crippen LogP contribution < -0.4 is 16.0 Å². The summed E-state index contributed by atoms with van der Waals surface area (Å²) < 4.78 is 0. The molecule has 0 bridgehead atoms. The molecule has 1 aliphatic rings. The molecule has 0 spiro atoms. The van der Waals surface area contributed by atoms with Crippen molar-refractivity contribution in [3.63, 3.8) is 0 Å². The summed E-state index contributed by atoms with van der Waals surface area (Å²) >= 11 is 0. The number of aromatic nitrogens is 2. The first-order valence-corrected chi connectivity index (χ1v) is 5.10. The minimum absolute atomic E-state index is 0.122. The average Bonchev–Trinajstić information content (AvgIpc) is 2.89. The Morgan fingerprint density at radius 3 is 2.87 bits per heavy atom. The van der Waals surface area contributed by atoms with Gasteiger partial charge in [-0.05, 0) is 12.1 Å². The summed E-state index contributed by atoms with van der Waals surface area (Å²) in [5, 5.41) is 18.2. The molecule has 78 valence electrons. The molecule has 15 heavy (non-hydrogen) atoms. The van der Waals surface area contributed by atoms with E-state index in [4.69, 9.17) is 0 Å². The van der Waals surface area contributed by atoms with Crippen LogP contribution in [0, 0.1) is 0 Å². The molecule has 1 aromatic carbocycles. The summed E-state index contributed by atoms with van der Waals surface area (Å²) in [7, 11) is 0. The first-order chi connectivity index (χ1) is 7.43. The number of nitrogens with zero attached hydrogens (tertiary/aromatic N) is 1. The van der Waals surface area contributed by atoms with Gasteiger partial charge < -0.3 is 5.32 Å². The first-order valence-electron chi connectivity index (χ1n) is 5.10. The zero-order valence-electron chi connectivity index (χ0n) is 8.25. The second kappa shape index (κ2) is 3.52. The molecule has 5 nitrogen and oxygen atoms in total. The van der Waals surface area contributed by atoms with Crippen LogP contribution in [0.2, 0.25) is 0 Å². The molecule has 0 saturated carbocycles. The van der Waals surface area contributed by atoms with E-state index in [0.29, 0.717) is 0 Å². The fourth-order valence-corrected chi connectivity index (χ4v) is 1.82. The standard InChI is InChI=1S/C10H13N5/c1-2-4-8-7(3-1)9(15-14-8)13-10-11-5-6-12-10/h1-4,10-12H,5-6H2,(H2,13,14,15).